The van der Waals surface area contributed by atoms with Crippen molar-refractivity contribution in [1.29, 1.82) is 0 Å². The van der Waals surface area contributed by atoms with Gasteiger partial charge in [-0.3, -0.25) is 14.4 Å². The van der Waals surface area contributed by atoms with Gasteiger partial charge in [-0.05, 0) is 18.8 Å². The van der Waals surface area contributed by atoms with Gasteiger partial charge in [-0.15, -0.1) is 11.3 Å². The van der Waals surface area contributed by atoms with Gasteiger partial charge < -0.3 is 4.90 Å². The highest BCUT2D eigenvalue weighted by atomic mass is 32.1. The van der Waals surface area contributed by atoms with Crippen LogP contribution in [0.2, 0.25) is 0 Å². The predicted molar refractivity (Wildman–Crippen MR) is 93.2 cm³/mol. The molecule has 4 heterocycles. The monoisotopic (exact) mass is 381 g/mol. The summed E-state index contributed by atoms with van der Waals surface area (Å²) in [7, 11) is 1.56. The highest BCUT2D eigenvalue weighted by Crippen LogP contribution is 2.33. The molecule has 140 valence electrons. The molecule has 4 rings (SSSR count). The lowest BCUT2D eigenvalue weighted by Gasteiger charge is -2.21. The van der Waals surface area contributed by atoms with Crippen molar-refractivity contribution < 1.29 is 13.6 Å². The van der Waals surface area contributed by atoms with Crippen LogP contribution in [-0.4, -0.2) is 56.7 Å². The Balaban J connectivity index is 1.39. The number of fused-ring (bicyclic) bond motifs is 1. The summed E-state index contributed by atoms with van der Waals surface area (Å²) in [5.41, 5.74) is 0.699. The molecule has 0 N–H and O–H groups in total. The zero-order valence-corrected chi connectivity index (χ0v) is 15.5. The molecule has 9 heteroatoms. The first-order chi connectivity index (χ1) is 12.4. The molecule has 2 aliphatic rings. The molecule has 0 radical (unpaired) electrons. The quantitative estimate of drug-likeness (QED) is 0.816. The summed E-state index contributed by atoms with van der Waals surface area (Å²) in [6.07, 6.45) is -1.34. The molecule has 2 aliphatic heterocycles. The number of aromatic nitrogens is 3. The van der Waals surface area contributed by atoms with Crippen LogP contribution in [0.3, 0.4) is 0 Å². The van der Waals surface area contributed by atoms with Crippen molar-refractivity contribution in [2.75, 3.05) is 26.2 Å². The SMILES string of the molecule is Cc1nc(CN2CC3CN(C(=O)c4cn(C)nc4C(F)F)CC3C2)cs1. The van der Waals surface area contributed by atoms with Crippen molar-refractivity contribution in [3.63, 3.8) is 0 Å². The first kappa shape index (κ1) is 17.5. The van der Waals surface area contributed by atoms with Crippen molar-refractivity contribution in [2.45, 2.75) is 19.9 Å². The number of carbonyl (C=O) groups is 1. The smallest absolute Gasteiger partial charge is 0.282 e. The molecule has 6 nitrogen and oxygen atoms in total. The second kappa shape index (κ2) is 6.70. The molecular formula is C17H21F2N5OS. The molecule has 2 aromatic rings. The Bertz CT molecular complexity index is 806. The maximum absolute atomic E-state index is 13.1. The molecule has 2 atom stereocenters. The van der Waals surface area contributed by atoms with E-state index in [1.807, 2.05) is 6.92 Å². The molecule has 0 spiro atoms. The third-order valence-electron chi connectivity index (χ3n) is 5.20. The molecule has 26 heavy (non-hydrogen) atoms. The molecule has 2 fully saturated rings. The number of likely N-dealkylation sites (tertiary alicyclic amines) is 2. The summed E-state index contributed by atoms with van der Waals surface area (Å²) in [5, 5.41) is 6.90. The Labute approximate surface area is 154 Å². The number of halogens is 2. The van der Waals surface area contributed by atoms with Gasteiger partial charge in [0.15, 0.2) is 0 Å². The van der Waals surface area contributed by atoms with Gasteiger partial charge in [0.1, 0.15) is 5.69 Å². The predicted octanol–water partition coefficient (Wildman–Crippen LogP) is 2.33. The van der Waals surface area contributed by atoms with E-state index >= 15 is 0 Å². The summed E-state index contributed by atoms with van der Waals surface area (Å²) in [4.78, 5) is 21.3. The van der Waals surface area contributed by atoms with Crippen LogP contribution in [0.25, 0.3) is 0 Å². The maximum Gasteiger partial charge on any atom is 0.282 e. The van der Waals surface area contributed by atoms with Crippen LogP contribution in [0.5, 0.6) is 0 Å². The molecule has 1 amide bonds. The first-order valence-electron chi connectivity index (χ1n) is 8.65. The standard InChI is InChI=1S/C17H21F2N5OS/c1-10-20-13(9-26-10)7-23-3-11-5-24(6-12(11)4-23)17(25)14-8-22(2)21-15(14)16(18)19/h8-9,11-12,16H,3-7H2,1-2H3. The van der Waals surface area contributed by atoms with Crippen LogP contribution in [0.15, 0.2) is 11.6 Å². The van der Waals surface area contributed by atoms with Gasteiger partial charge in [0.25, 0.3) is 12.3 Å². The van der Waals surface area contributed by atoms with Crippen molar-refractivity contribution in [1.82, 2.24) is 24.6 Å². The summed E-state index contributed by atoms with van der Waals surface area (Å²) >= 11 is 1.66. The minimum absolute atomic E-state index is 0.0253. The van der Waals surface area contributed by atoms with E-state index in [-0.39, 0.29) is 11.5 Å². The van der Waals surface area contributed by atoms with Crippen LogP contribution in [0, 0.1) is 18.8 Å². The Morgan fingerprint density at radius 2 is 2.00 bits per heavy atom. The zero-order chi connectivity index (χ0) is 18.4. The minimum Gasteiger partial charge on any atom is -0.338 e. The van der Waals surface area contributed by atoms with E-state index in [1.54, 1.807) is 23.3 Å². The number of hydrogen-bond donors (Lipinski definition) is 0. The molecule has 2 saturated heterocycles. The largest absolute Gasteiger partial charge is 0.338 e. The average Bonchev–Trinajstić information content (AvgIpc) is 3.30. The second-order valence-electron chi connectivity index (χ2n) is 7.18. The van der Waals surface area contributed by atoms with Crippen molar-refractivity contribution >= 4 is 17.2 Å². The fourth-order valence-corrected chi connectivity index (χ4v) is 4.70. The minimum atomic E-state index is -2.74. The third kappa shape index (κ3) is 3.25. The second-order valence-corrected chi connectivity index (χ2v) is 8.25. The fraction of sp³-hybridized carbons (Fsp3) is 0.588. The van der Waals surface area contributed by atoms with E-state index in [0.29, 0.717) is 24.9 Å². The number of amides is 1. The Morgan fingerprint density at radius 1 is 1.31 bits per heavy atom. The van der Waals surface area contributed by atoms with Gasteiger partial charge in [0.2, 0.25) is 0 Å². The lowest BCUT2D eigenvalue weighted by molar-refractivity contribution is 0.0760. The highest BCUT2D eigenvalue weighted by Gasteiger charge is 2.42. The molecule has 0 bridgehead atoms. The van der Waals surface area contributed by atoms with E-state index in [1.165, 1.54) is 10.9 Å². The molecule has 2 aromatic heterocycles. The molecule has 0 saturated carbocycles. The number of rotatable bonds is 4. The van der Waals surface area contributed by atoms with Crippen LogP contribution in [0.4, 0.5) is 8.78 Å². The van der Waals surface area contributed by atoms with Crippen molar-refractivity contribution in [3.8, 4) is 0 Å². The topological polar surface area (TPSA) is 54.3 Å². The average molecular weight is 381 g/mol. The summed E-state index contributed by atoms with van der Waals surface area (Å²) in [5.74, 6) is 0.459. The van der Waals surface area contributed by atoms with Crippen LogP contribution in [-0.2, 0) is 13.6 Å². The normalized spacial score (nSPS) is 23.2. The van der Waals surface area contributed by atoms with Gasteiger partial charge in [0, 0.05) is 51.3 Å². The van der Waals surface area contributed by atoms with E-state index < -0.39 is 12.1 Å². The highest BCUT2D eigenvalue weighted by molar-refractivity contribution is 7.09. The van der Waals surface area contributed by atoms with E-state index in [9.17, 15) is 13.6 Å². The lowest BCUT2D eigenvalue weighted by Crippen LogP contribution is -2.33. The number of carbonyl (C=O) groups excluding carboxylic acids is 1. The van der Waals surface area contributed by atoms with E-state index in [0.717, 1.165) is 30.3 Å². The molecule has 0 aliphatic carbocycles. The van der Waals surface area contributed by atoms with E-state index in [2.05, 4.69) is 20.4 Å². The summed E-state index contributed by atoms with van der Waals surface area (Å²) < 4.78 is 27.5. The number of alkyl halides is 2. The van der Waals surface area contributed by atoms with Gasteiger partial charge in [-0.1, -0.05) is 0 Å². The first-order valence-corrected chi connectivity index (χ1v) is 9.53. The van der Waals surface area contributed by atoms with Crippen LogP contribution < -0.4 is 0 Å². The summed E-state index contributed by atoms with van der Waals surface area (Å²) in [6, 6.07) is 0. The number of nitrogens with zero attached hydrogens (tertiary/aromatic N) is 5. The fourth-order valence-electron chi connectivity index (χ4n) is 4.10. The van der Waals surface area contributed by atoms with Crippen LogP contribution >= 0.6 is 11.3 Å². The van der Waals surface area contributed by atoms with Crippen LogP contribution in [0.1, 0.15) is 33.2 Å². The maximum atomic E-state index is 13.1. The molecule has 0 aromatic carbocycles. The van der Waals surface area contributed by atoms with E-state index in [4.69, 9.17) is 0 Å². The van der Waals surface area contributed by atoms with Crippen molar-refractivity contribution in [2.24, 2.45) is 18.9 Å². The zero-order valence-electron chi connectivity index (χ0n) is 14.7. The van der Waals surface area contributed by atoms with Gasteiger partial charge in [-0.25, -0.2) is 13.8 Å². The van der Waals surface area contributed by atoms with Gasteiger partial charge in [-0.2, -0.15) is 5.10 Å². The number of hydrogen-bond acceptors (Lipinski definition) is 5. The number of aryl methyl sites for hydroxylation is 2. The molecular weight excluding hydrogens is 360 g/mol. The number of thiazole rings is 1. The third-order valence-corrected chi connectivity index (χ3v) is 6.02. The lowest BCUT2D eigenvalue weighted by atomic mass is 10.0. The van der Waals surface area contributed by atoms with Crippen molar-refractivity contribution in [3.05, 3.63) is 33.5 Å². The molecule has 2 unspecified atom stereocenters. The Kier molecular flexibility index (Phi) is 4.52. The summed E-state index contributed by atoms with van der Waals surface area (Å²) in [6.45, 7) is 5.91. The Hall–Kier alpha value is -1.87. The van der Waals surface area contributed by atoms with Gasteiger partial charge in [0.05, 0.1) is 16.3 Å². The Morgan fingerprint density at radius 3 is 2.58 bits per heavy atom. The van der Waals surface area contributed by atoms with Gasteiger partial charge >= 0.3 is 0 Å².